The van der Waals surface area contributed by atoms with E-state index in [0.717, 1.165) is 4.57 Å². The quantitative estimate of drug-likeness (QED) is 0.350. The predicted molar refractivity (Wildman–Crippen MR) is 162 cm³/mol. The number of methoxy groups -OCH3 is 1. The maximum Gasteiger partial charge on any atom is 0.352 e. The Kier molecular flexibility index (Phi) is 12.6. The predicted octanol–water partition coefficient (Wildman–Crippen LogP) is 3.22. The molecule has 1 aromatic heterocycles. The Bertz CT molecular complexity index is 1420. The molecule has 0 radical (unpaired) electrons. The van der Waals surface area contributed by atoms with Crippen molar-refractivity contribution < 1.29 is 32.9 Å². The van der Waals surface area contributed by atoms with Crippen molar-refractivity contribution in [2.45, 2.75) is 77.8 Å². The topological polar surface area (TPSA) is 153 Å². The Morgan fingerprint density at radius 2 is 1.79 bits per heavy atom. The zero-order chi connectivity index (χ0) is 30.8. The molecular formula is C26H34Br2ClFN4O8. The van der Waals surface area contributed by atoms with E-state index in [4.69, 9.17) is 24.7 Å². The van der Waals surface area contributed by atoms with Gasteiger partial charge in [-0.1, -0.05) is 20.8 Å². The number of aryl methyl sites for hydroxylation is 1. The first-order valence-electron chi connectivity index (χ1n) is 12.8. The SMILES string of the molecule is CCc1cn([C@@H]2O[C@H](C)[C@@H](OC(=O)[C@@H](N)C(C)C)[C@@H]2F)c(=O)n(NC(=O)C(C)Oc2cc(OC)c(Br)cc2Br)c1=O.Cl. The lowest BCUT2D eigenvalue weighted by Gasteiger charge is -2.22. The number of alkyl halides is 1. The Morgan fingerprint density at radius 1 is 1.17 bits per heavy atom. The molecule has 42 heavy (non-hydrogen) atoms. The van der Waals surface area contributed by atoms with E-state index in [9.17, 15) is 19.2 Å². The average Bonchev–Trinajstić information content (AvgIpc) is 3.19. The van der Waals surface area contributed by atoms with Gasteiger partial charge in [0, 0.05) is 17.8 Å². The van der Waals surface area contributed by atoms with Gasteiger partial charge in [-0.25, -0.2) is 9.18 Å². The third kappa shape index (κ3) is 7.54. The molecule has 1 aliphatic heterocycles. The van der Waals surface area contributed by atoms with E-state index in [2.05, 4.69) is 37.3 Å². The normalized spacial score (nSPS) is 21.3. The lowest BCUT2D eigenvalue weighted by molar-refractivity contribution is -0.156. The Balaban J connectivity index is 0.00000616. The minimum Gasteiger partial charge on any atom is -0.495 e. The number of ether oxygens (including phenoxy) is 4. The van der Waals surface area contributed by atoms with E-state index >= 15 is 4.39 Å². The summed E-state index contributed by atoms with van der Waals surface area (Å²) >= 11 is 6.70. The average molecular weight is 745 g/mol. The van der Waals surface area contributed by atoms with Crippen molar-refractivity contribution in [2.24, 2.45) is 11.7 Å². The largest absolute Gasteiger partial charge is 0.495 e. The molecule has 0 aliphatic carbocycles. The third-order valence-corrected chi connectivity index (χ3v) is 7.83. The van der Waals surface area contributed by atoms with Crippen LogP contribution < -0.4 is 31.9 Å². The second-order valence-electron chi connectivity index (χ2n) is 9.84. The smallest absolute Gasteiger partial charge is 0.352 e. The number of hydrogen-bond donors (Lipinski definition) is 2. The molecule has 1 amide bonds. The van der Waals surface area contributed by atoms with Crippen molar-refractivity contribution in [1.29, 1.82) is 0 Å². The Morgan fingerprint density at radius 3 is 2.36 bits per heavy atom. The molecule has 1 unspecified atom stereocenters. The van der Waals surface area contributed by atoms with Crippen LogP contribution in [0.25, 0.3) is 0 Å². The fraction of sp³-hybridized carbons (Fsp3) is 0.538. The van der Waals surface area contributed by atoms with Crippen molar-refractivity contribution in [2.75, 3.05) is 12.5 Å². The second-order valence-corrected chi connectivity index (χ2v) is 11.5. The first kappa shape index (κ1) is 35.7. The van der Waals surface area contributed by atoms with Crippen LogP contribution in [0, 0.1) is 5.92 Å². The summed E-state index contributed by atoms with van der Waals surface area (Å²) in [6.07, 6.45) is -5.63. The second kappa shape index (κ2) is 14.8. The number of halogens is 4. The summed E-state index contributed by atoms with van der Waals surface area (Å²) < 4.78 is 40.1. The number of esters is 1. The van der Waals surface area contributed by atoms with Crippen LogP contribution in [-0.4, -0.2) is 58.8 Å². The van der Waals surface area contributed by atoms with Crippen LogP contribution in [0.4, 0.5) is 4.39 Å². The number of carbonyl (C=O) groups is 2. The minimum absolute atomic E-state index is 0. The molecule has 12 nitrogen and oxygen atoms in total. The molecule has 1 fully saturated rings. The molecule has 1 aliphatic rings. The van der Waals surface area contributed by atoms with Gasteiger partial charge in [0.1, 0.15) is 17.5 Å². The van der Waals surface area contributed by atoms with Crippen LogP contribution in [0.3, 0.4) is 0 Å². The highest BCUT2D eigenvalue weighted by Gasteiger charge is 2.47. The molecule has 1 saturated heterocycles. The first-order chi connectivity index (χ1) is 19.2. The number of carbonyl (C=O) groups excluding carboxylic acids is 2. The summed E-state index contributed by atoms with van der Waals surface area (Å²) in [5.41, 5.74) is 6.33. The van der Waals surface area contributed by atoms with Gasteiger partial charge in [0.2, 0.25) is 0 Å². The molecule has 1 aromatic carbocycles. The van der Waals surface area contributed by atoms with E-state index in [1.165, 1.54) is 27.2 Å². The van der Waals surface area contributed by atoms with Crippen LogP contribution in [0.15, 0.2) is 36.9 Å². The number of nitrogens with zero attached hydrogens (tertiary/aromatic N) is 2. The lowest BCUT2D eigenvalue weighted by atomic mass is 10.1. The fourth-order valence-electron chi connectivity index (χ4n) is 4.01. The summed E-state index contributed by atoms with van der Waals surface area (Å²) in [5.74, 6) is -1.15. The van der Waals surface area contributed by atoms with Crippen LogP contribution >= 0.6 is 44.3 Å². The van der Waals surface area contributed by atoms with Gasteiger partial charge in [0.15, 0.2) is 24.6 Å². The van der Waals surface area contributed by atoms with E-state index in [1.54, 1.807) is 32.9 Å². The van der Waals surface area contributed by atoms with E-state index in [0.29, 0.717) is 19.4 Å². The molecule has 0 bridgehead atoms. The van der Waals surface area contributed by atoms with Gasteiger partial charge in [0.25, 0.3) is 11.5 Å². The fourth-order valence-corrected chi connectivity index (χ4v) is 5.26. The third-order valence-electron chi connectivity index (χ3n) is 6.59. The number of nitrogens with one attached hydrogen (secondary N) is 1. The van der Waals surface area contributed by atoms with E-state index in [1.807, 2.05) is 0 Å². The zero-order valence-corrected chi connectivity index (χ0v) is 27.7. The van der Waals surface area contributed by atoms with Crippen molar-refractivity contribution in [1.82, 2.24) is 9.24 Å². The van der Waals surface area contributed by atoms with Crippen LogP contribution in [0.1, 0.15) is 46.4 Å². The highest BCUT2D eigenvalue weighted by molar-refractivity contribution is 9.11. The molecule has 2 aromatic rings. The van der Waals surface area contributed by atoms with Gasteiger partial charge >= 0.3 is 11.7 Å². The highest BCUT2D eigenvalue weighted by atomic mass is 79.9. The number of aromatic nitrogens is 2. The Labute approximate surface area is 264 Å². The van der Waals surface area contributed by atoms with Crippen molar-refractivity contribution in [3.8, 4) is 11.5 Å². The molecule has 2 heterocycles. The van der Waals surface area contributed by atoms with Crippen molar-refractivity contribution >= 4 is 56.1 Å². The summed E-state index contributed by atoms with van der Waals surface area (Å²) in [6, 6.07) is 2.25. The molecule has 0 saturated carbocycles. The molecule has 0 spiro atoms. The van der Waals surface area contributed by atoms with Gasteiger partial charge in [-0.05, 0) is 64.1 Å². The first-order valence-corrected chi connectivity index (χ1v) is 14.4. The van der Waals surface area contributed by atoms with Crippen LogP contribution in [0.2, 0.25) is 0 Å². The van der Waals surface area contributed by atoms with Gasteiger partial charge in [-0.3, -0.25) is 24.4 Å². The monoisotopic (exact) mass is 742 g/mol. The Hall–Kier alpha value is -2.46. The van der Waals surface area contributed by atoms with Gasteiger partial charge < -0.3 is 24.7 Å². The molecule has 16 heteroatoms. The maximum atomic E-state index is 15.6. The van der Waals surface area contributed by atoms with Crippen LogP contribution in [-0.2, 0) is 25.5 Å². The standard InChI is InChI=1S/C26H33Br2FN4O8.ClH/c1-7-14-10-32(24-19(29)21(12(4)40-24)41-25(36)20(30)11(2)3)26(37)33(23(14)35)31-22(34)13(5)39-18-9-17(38-6)15(27)8-16(18)28;/h8-13,19-21,24H,7,30H2,1-6H3,(H,31,34);1H/t12-,13?,19+,20+,21-,24-;/m1./s1. The van der Waals surface area contributed by atoms with Gasteiger partial charge in [0.05, 0.1) is 22.2 Å². The van der Waals surface area contributed by atoms with Crippen LogP contribution in [0.5, 0.6) is 11.5 Å². The summed E-state index contributed by atoms with van der Waals surface area (Å²) in [6.45, 7) is 8.01. The number of amides is 1. The maximum absolute atomic E-state index is 15.6. The zero-order valence-electron chi connectivity index (χ0n) is 23.8. The van der Waals surface area contributed by atoms with Gasteiger partial charge in [-0.2, -0.15) is 4.68 Å². The van der Waals surface area contributed by atoms with Crippen molar-refractivity contribution in [3.05, 3.63) is 53.7 Å². The lowest BCUT2D eigenvalue weighted by Crippen LogP contribution is -2.51. The highest BCUT2D eigenvalue weighted by Crippen LogP contribution is 2.36. The minimum atomic E-state index is -1.97. The number of benzene rings is 1. The number of rotatable bonds is 10. The number of hydrogen-bond acceptors (Lipinski definition) is 9. The molecule has 3 N–H and O–H groups in total. The summed E-state index contributed by atoms with van der Waals surface area (Å²) in [4.78, 5) is 51.8. The van der Waals surface area contributed by atoms with Crippen molar-refractivity contribution in [3.63, 3.8) is 0 Å². The summed E-state index contributed by atoms with van der Waals surface area (Å²) in [7, 11) is 1.47. The number of nitrogens with two attached hydrogens (primary N) is 1. The molecule has 3 rings (SSSR count). The molecular weight excluding hydrogens is 711 g/mol. The van der Waals surface area contributed by atoms with E-state index < -0.39 is 59.9 Å². The van der Waals surface area contributed by atoms with E-state index in [-0.39, 0.29) is 36.1 Å². The molecule has 234 valence electrons. The molecule has 6 atom stereocenters. The summed E-state index contributed by atoms with van der Waals surface area (Å²) in [5, 5.41) is 0. The van der Waals surface area contributed by atoms with Gasteiger partial charge in [-0.15, -0.1) is 12.4 Å².